The predicted molar refractivity (Wildman–Crippen MR) is 40.7 cm³/mol. The van der Waals surface area contributed by atoms with Gasteiger partial charge in [0.2, 0.25) is 0 Å². The number of halogens is 1. The highest BCUT2D eigenvalue weighted by molar-refractivity contribution is 7.58. The lowest BCUT2D eigenvalue weighted by Crippen LogP contribution is -1.94. The van der Waals surface area contributed by atoms with Crippen LogP contribution < -0.4 is 0 Å². The Bertz CT molecular complexity index is 116. The molecule has 4 heteroatoms. The van der Waals surface area contributed by atoms with E-state index in [1.165, 1.54) is 0 Å². The Morgan fingerprint density at radius 3 is 2.56 bits per heavy atom. The summed E-state index contributed by atoms with van der Waals surface area (Å²) in [5.41, 5.74) is 0. The van der Waals surface area contributed by atoms with E-state index in [0.717, 1.165) is 0 Å². The van der Waals surface area contributed by atoms with Gasteiger partial charge in [0.1, 0.15) is 0 Å². The van der Waals surface area contributed by atoms with Gasteiger partial charge in [-0.15, -0.1) is 11.6 Å². The lowest BCUT2D eigenvalue weighted by Gasteiger charge is -2.08. The van der Waals surface area contributed by atoms with Gasteiger partial charge in [-0.2, -0.15) is 0 Å². The highest BCUT2D eigenvalue weighted by atomic mass is 35.5. The minimum absolute atomic E-state index is 0.392. The molecule has 0 aliphatic rings. The summed E-state index contributed by atoms with van der Waals surface area (Å²) < 4.78 is 16.0. The van der Waals surface area contributed by atoms with Gasteiger partial charge < -0.3 is 4.52 Å². The van der Waals surface area contributed by atoms with Crippen LogP contribution in [-0.4, -0.2) is 25.3 Å². The van der Waals surface area contributed by atoms with Crippen molar-refractivity contribution >= 4 is 19.0 Å². The minimum Gasteiger partial charge on any atom is -0.327 e. The molecule has 0 spiro atoms. The summed E-state index contributed by atoms with van der Waals surface area (Å²) in [5.74, 6) is 0.415. The number of hydrogen-bond donors (Lipinski definition) is 0. The zero-order valence-corrected chi connectivity index (χ0v) is 7.41. The third-order valence-electron chi connectivity index (χ3n) is 1.02. The van der Waals surface area contributed by atoms with Crippen molar-refractivity contribution in [2.24, 2.45) is 0 Å². The molecule has 0 aliphatic heterocycles. The van der Waals surface area contributed by atoms with Crippen LogP contribution in [0.15, 0.2) is 0 Å². The fourth-order valence-corrected chi connectivity index (χ4v) is 1.16. The van der Waals surface area contributed by atoms with Gasteiger partial charge in [-0.25, -0.2) is 0 Å². The van der Waals surface area contributed by atoms with Gasteiger partial charge in [0.25, 0.3) is 0 Å². The summed E-state index contributed by atoms with van der Waals surface area (Å²) in [4.78, 5) is 0. The first kappa shape index (κ1) is 9.48. The largest absolute Gasteiger partial charge is 0.327 e. The van der Waals surface area contributed by atoms with Crippen LogP contribution in [0.5, 0.6) is 0 Å². The van der Waals surface area contributed by atoms with Gasteiger partial charge in [-0.3, -0.25) is 4.57 Å². The standard InChI is InChI=1S/C5H12ClO2P/c1-3-9(2,7)8-5-4-6/h3-5H2,1-2H3. The predicted octanol–water partition coefficient (Wildman–Crippen LogP) is 2.17. The number of hydrogen-bond acceptors (Lipinski definition) is 2. The van der Waals surface area contributed by atoms with E-state index in [1.807, 2.05) is 6.92 Å². The normalized spacial score (nSPS) is 17.2. The van der Waals surface area contributed by atoms with Crippen LogP contribution in [0.2, 0.25) is 0 Å². The summed E-state index contributed by atoms with van der Waals surface area (Å²) in [5, 5.41) is 0. The van der Waals surface area contributed by atoms with E-state index in [-0.39, 0.29) is 0 Å². The van der Waals surface area contributed by atoms with Crippen molar-refractivity contribution in [3.63, 3.8) is 0 Å². The van der Waals surface area contributed by atoms with Crippen molar-refractivity contribution < 1.29 is 9.09 Å². The molecule has 9 heavy (non-hydrogen) atoms. The summed E-state index contributed by atoms with van der Waals surface area (Å²) in [6, 6.07) is 0. The second kappa shape index (κ2) is 4.32. The molecule has 0 aliphatic carbocycles. The monoisotopic (exact) mass is 170 g/mol. The van der Waals surface area contributed by atoms with E-state index in [9.17, 15) is 4.57 Å². The molecule has 0 aromatic heterocycles. The molecular weight excluding hydrogens is 158 g/mol. The molecule has 0 aromatic rings. The van der Waals surface area contributed by atoms with Crippen molar-refractivity contribution in [3.05, 3.63) is 0 Å². The molecule has 56 valence electrons. The zero-order chi connectivity index (χ0) is 7.33. The van der Waals surface area contributed by atoms with Gasteiger partial charge in [0, 0.05) is 18.7 Å². The van der Waals surface area contributed by atoms with Crippen LogP contribution in [0.3, 0.4) is 0 Å². The molecule has 0 radical (unpaired) electrons. The van der Waals surface area contributed by atoms with Crippen molar-refractivity contribution in [2.45, 2.75) is 6.92 Å². The van der Waals surface area contributed by atoms with E-state index in [1.54, 1.807) is 6.66 Å². The highest BCUT2D eigenvalue weighted by Crippen LogP contribution is 2.41. The van der Waals surface area contributed by atoms with Gasteiger partial charge in [0.05, 0.1) is 6.61 Å². The Morgan fingerprint density at radius 2 is 2.22 bits per heavy atom. The van der Waals surface area contributed by atoms with Crippen molar-refractivity contribution in [3.8, 4) is 0 Å². The summed E-state index contributed by atoms with van der Waals surface area (Å²) in [7, 11) is -2.27. The first-order valence-corrected chi connectivity index (χ1v) is 5.68. The quantitative estimate of drug-likeness (QED) is 0.478. The highest BCUT2D eigenvalue weighted by Gasteiger charge is 2.10. The first-order valence-electron chi connectivity index (χ1n) is 2.89. The second-order valence-electron chi connectivity index (χ2n) is 1.85. The third-order valence-corrected chi connectivity index (χ3v) is 3.05. The average molecular weight is 171 g/mol. The molecule has 0 N–H and O–H groups in total. The molecule has 0 amide bonds. The maximum absolute atomic E-state index is 11.1. The van der Waals surface area contributed by atoms with E-state index in [2.05, 4.69) is 0 Å². The van der Waals surface area contributed by atoms with Crippen LogP contribution >= 0.6 is 19.0 Å². The zero-order valence-electron chi connectivity index (χ0n) is 5.76. The second-order valence-corrected chi connectivity index (χ2v) is 5.15. The SMILES string of the molecule is CCP(C)(=O)OCCCl. The van der Waals surface area contributed by atoms with Crippen molar-refractivity contribution in [1.29, 1.82) is 0 Å². The summed E-state index contributed by atoms with van der Waals surface area (Å²) >= 11 is 5.32. The molecule has 1 atom stereocenters. The van der Waals surface area contributed by atoms with Crippen LogP contribution in [-0.2, 0) is 9.09 Å². The Hall–Kier alpha value is 0.480. The molecule has 2 nitrogen and oxygen atoms in total. The summed E-state index contributed by atoms with van der Waals surface area (Å²) in [6.45, 7) is 3.86. The maximum Gasteiger partial charge on any atom is 0.199 e. The van der Waals surface area contributed by atoms with Crippen LogP contribution in [0.25, 0.3) is 0 Å². The lowest BCUT2D eigenvalue weighted by molar-refractivity contribution is 0.340. The molecule has 0 fully saturated rings. The number of rotatable bonds is 4. The molecule has 0 saturated carbocycles. The molecule has 0 heterocycles. The fraction of sp³-hybridized carbons (Fsp3) is 1.00. The molecule has 0 rings (SSSR count). The molecule has 0 saturated heterocycles. The lowest BCUT2D eigenvalue weighted by atomic mass is 10.9. The molecule has 1 unspecified atom stereocenters. The van der Waals surface area contributed by atoms with Crippen LogP contribution in [0.4, 0.5) is 0 Å². The number of alkyl halides is 1. The smallest absolute Gasteiger partial charge is 0.199 e. The van der Waals surface area contributed by atoms with E-state index >= 15 is 0 Å². The van der Waals surface area contributed by atoms with E-state index in [0.29, 0.717) is 18.6 Å². The third kappa shape index (κ3) is 4.95. The van der Waals surface area contributed by atoms with E-state index in [4.69, 9.17) is 16.1 Å². The van der Waals surface area contributed by atoms with Gasteiger partial charge in [0.15, 0.2) is 7.37 Å². The van der Waals surface area contributed by atoms with Crippen molar-refractivity contribution in [1.82, 2.24) is 0 Å². The molecular formula is C5H12ClO2P. The van der Waals surface area contributed by atoms with Gasteiger partial charge in [-0.1, -0.05) is 6.92 Å². The Kier molecular flexibility index (Phi) is 4.55. The molecule has 0 bridgehead atoms. The average Bonchev–Trinajstić information content (AvgIpc) is 1.84. The summed E-state index contributed by atoms with van der Waals surface area (Å²) in [6.07, 6.45) is 0.587. The Labute approximate surface area is 61.0 Å². The minimum atomic E-state index is -2.27. The topological polar surface area (TPSA) is 26.3 Å². The van der Waals surface area contributed by atoms with Gasteiger partial charge >= 0.3 is 0 Å². The Morgan fingerprint density at radius 1 is 1.67 bits per heavy atom. The first-order chi connectivity index (χ1) is 4.12. The van der Waals surface area contributed by atoms with Crippen molar-refractivity contribution in [2.75, 3.05) is 25.3 Å². The Balaban J connectivity index is 3.46. The van der Waals surface area contributed by atoms with Crippen LogP contribution in [0, 0.1) is 0 Å². The van der Waals surface area contributed by atoms with Gasteiger partial charge in [-0.05, 0) is 0 Å². The van der Waals surface area contributed by atoms with Crippen LogP contribution in [0.1, 0.15) is 6.92 Å². The fourth-order valence-electron chi connectivity index (χ4n) is 0.319. The molecule has 0 aromatic carbocycles. The maximum atomic E-state index is 11.1. The van der Waals surface area contributed by atoms with E-state index < -0.39 is 7.37 Å².